The molecule has 1 rings (SSSR count). The van der Waals surface area contributed by atoms with E-state index < -0.39 is 28.5 Å². The minimum atomic E-state index is -3.78. The highest BCUT2D eigenvalue weighted by Crippen LogP contribution is 2.11. The van der Waals surface area contributed by atoms with Gasteiger partial charge in [0.15, 0.2) is 0 Å². The monoisotopic (exact) mass is 301 g/mol. The molecule has 2 N–H and O–H groups in total. The molecule has 0 aliphatic carbocycles. The van der Waals surface area contributed by atoms with Gasteiger partial charge in [0.05, 0.1) is 12.0 Å². The van der Waals surface area contributed by atoms with E-state index in [0.29, 0.717) is 6.42 Å². The molecule has 0 saturated heterocycles. The summed E-state index contributed by atoms with van der Waals surface area (Å²) in [5, 5.41) is 8.55. The maximum absolute atomic E-state index is 11.8. The van der Waals surface area contributed by atoms with Gasteiger partial charge in [0.25, 0.3) is 0 Å². The van der Waals surface area contributed by atoms with Gasteiger partial charge in [-0.2, -0.15) is 4.72 Å². The van der Waals surface area contributed by atoms with Gasteiger partial charge in [0, 0.05) is 6.42 Å². The Labute approximate surface area is 116 Å². The van der Waals surface area contributed by atoms with E-state index in [0.717, 1.165) is 12.7 Å². The highest BCUT2D eigenvalue weighted by molar-refractivity contribution is 7.89. The summed E-state index contributed by atoms with van der Waals surface area (Å²) in [6, 6.07) is 5.79. The van der Waals surface area contributed by atoms with E-state index in [4.69, 9.17) is 5.11 Å². The van der Waals surface area contributed by atoms with Crippen molar-refractivity contribution in [2.45, 2.75) is 17.7 Å². The summed E-state index contributed by atoms with van der Waals surface area (Å²) in [4.78, 5) is 21.3. The van der Waals surface area contributed by atoms with Crippen molar-refractivity contribution in [1.29, 1.82) is 0 Å². The Kier molecular flexibility index (Phi) is 5.66. The largest absolute Gasteiger partial charge is 0.481 e. The molecule has 0 fully saturated rings. The second kappa shape index (κ2) is 7.01. The van der Waals surface area contributed by atoms with Crippen LogP contribution in [0.3, 0.4) is 0 Å². The molecule has 7 nitrogen and oxygen atoms in total. The molecule has 0 spiro atoms. The summed E-state index contributed by atoms with van der Waals surface area (Å²) in [7, 11) is -2.62. The smallest absolute Gasteiger partial charge is 0.320 e. The van der Waals surface area contributed by atoms with Gasteiger partial charge in [0.1, 0.15) is 6.54 Å². The quantitative estimate of drug-likeness (QED) is 0.694. The first-order valence-corrected chi connectivity index (χ1v) is 7.20. The van der Waals surface area contributed by atoms with Crippen LogP contribution in [0.25, 0.3) is 0 Å². The first-order valence-electron chi connectivity index (χ1n) is 5.72. The normalized spacial score (nSPS) is 11.1. The molecule has 0 radical (unpaired) electrons. The maximum atomic E-state index is 11.8. The Morgan fingerprint density at radius 2 is 1.85 bits per heavy atom. The fraction of sp³-hybridized carbons (Fsp3) is 0.333. The molecule has 0 atom stereocenters. The molecule has 0 bridgehead atoms. The molecule has 0 amide bonds. The van der Waals surface area contributed by atoms with E-state index in [2.05, 4.69) is 9.46 Å². The molecular formula is C12H15NO6S. The zero-order chi connectivity index (χ0) is 15.2. The summed E-state index contributed by atoms with van der Waals surface area (Å²) in [5.74, 6) is -1.60. The Bertz CT molecular complexity index is 578. The summed E-state index contributed by atoms with van der Waals surface area (Å²) in [6.07, 6.45) is 0.304. The third-order valence-corrected chi connectivity index (χ3v) is 3.91. The minimum Gasteiger partial charge on any atom is -0.481 e. The SMILES string of the molecule is COC(=O)CNS(=O)(=O)c1ccc(CCC(=O)O)cc1. The molecule has 110 valence electrons. The fourth-order valence-corrected chi connectivity index (χ4v) is 2.36. The lowest BCUT2D eigenvalue weighted by atomic mass is 10.1. The number of hydrogen-bond acceptors (Lipinski definition) is 5. The number of rotatable bonds is 7. The molecule has 0 heterocycles. The van der Waals surface area contributed by atoms with Crippen molar-refractivity contribution in [3.63, 3.8) is 0 Å². The van der Waals surface area contributed by atoms with Gasteiger partial charge < -0.3 is 9.84 Å². The lowest BCUT2D eigenvalue weighted by molar-refractivity contribution is -0.139. The predicted molar refractivity (Wildman–Crippen MR) is 69.6 cm³/mol. The van der Waals surface area contributed by atoms with Gasteiger partial charge in [0.2, 0.25) is 10.0 Å². The van der Waals surface area contributed by atoms with Gasteiger partial charge in [-0.3, -0.25) is 9.59 Å². The first kappa shape index (κ1) is 16.1. The number of ether oxygens (including phenoxy) is 1. The van der Waals surface area contributed by atoms with Gasteiger partial charge in [-0.25, -0.2) is 8.42 Å². The number of carbonyl (C=O) groups is 2. The molecule has 0 aliphatic rings. The minimum absolute atomic E-state index is 0.000443. The topological polar surface area (TPSA) is 110 Å². The van der Waals surface area contributed by atoms with Crippen LogP contribution in [0.4, 0.5) is 0 Å². The van der Waals surface area contributed by atoms with E-state index in [1.54, 1.807) is 0 Å². The molecular weight excluding hydrogens is 286 g/mol. The number of aliphatic carboxylic acids is 1. The number of sulfonamides is 1. The average Bonchev–Trinajstić information content (AvgIpc) is 2.43. The summed E-state index contributed by atoms with van der Waals surface area (Å²) in [5.41, 5.74) is 0.722. The van der Waals surface area contributed by atoms with Crippen LogP contribution in [0.1, 0.15) is 12.0 Å². The Balaban J connectivity index is 2.71. The standard InChI is InChI=1S/C12H15NO6S/c1-19-12(16)8-13-20(17,18)10-5-2-9(3-6-10)4-7-11(14)15/h2-3,5-6,13H,4,7-8H2,1H3,(H,14,15). The number of aryl methyl sites for hydroxylation is 1. The maximum Gasteiger partial charge on any atom is 0.320 e. The second-order valence-corrected chi connectivity index (χ2v) is 5.71. The van der Waals surface area contributed by atoms with Crippen molar-refractivity contribution >= 4 is 22.0 Å². The molecule has 0 aromatic heterocycles. The summed E-state index contributed by atoms with van der Waals surface area (Å²) < 4.78 is 30.1. The van der Waals surface area contributed by atoms with Crippen LogP contribution < -0.4 is 4.72 Å². The van der Waals surface area contributed by atoms with Crippen molar-refractivity contribution in [3.05, 3.63) is 29.8 Å². The van der Waals surface area contributed by atoms with Gasteiger partial charge in [-0.15, -0.1) is 0 Å². The zero-order valence-electron chi connectivity index (χ0n) is 10.8. The second-order valence-electron chi connectivity index (χ2n) is 3.94. The number of benzene rings is 1. The Hall–Kier alpha value is -1.93. The molecule has 20 heavy (non-hydrogen) atoms. The van der Waals surface area contributed by atoms with Crippen LogP contribution in [0.5, 0.6) is 0 Å². The van der Waals surface area contributed by atoms with E-state index in [1.807, 2.05) is 0 Å². The van der Waals surface area contributed by atoms with Crippen molar-refractivity contribution < 1.29 is 27.9 Å². The summed E-state index contributed by atoms with van der Waals surface area (Å²) >= 11 is 0. The van der Waals surface area contributed by atoms with Gasteiger partial charge in [-0.05, 0) is 24.1 Å². The molecule has 0 saturated carbocycles. The number of nitrogens with one attached hydrogen (secondary N) is 1. The van der Waals surface area contributed by atoms with Crippen molar-refractivity contribution in [2.24, 2.45) is 0 Å². The third-order valence-electron chi connectivity index (χ3n) is 2.50. The van der Waals surface area contributed by atoms with E-state index in [-0.39, 0.29) is 11.3 Å². The zero-order valence-corrected chi connectivity index (χ0v) is 11.6. The average molecular weight is 301 g/mol. The molecule has 0 aliphatic heterocycles. The first-order chi connectivity index (χ1) is 9.35. The van der Waals surface area contributed by atoms with Crippen LogP contribution in [0.2, 0.25) is 0 Å². The van der Waals surface area contributed by atoms with Crippen molar-refractivity contribution in [1.82, 2.24) is 4.72 Å². The molecule has 0 unspecified atom stereocenters. The number of carboxylic acids is 1. The van der Waals surface area contributed by atoms with Crippen LogP contribution >= 0.6 is 0 Å². The molecule has 1 aromatic carbocycles. The lowest BCUT2D eigenvalue weighted by Crippen LogP contribution is -2.30. The van der Waals surface area contributed by atoms with Gasteiger partial charge >= 0.3 is 11.9 Å². The highest BCUT2D eigenvalue weighted by Gasteiger charge is 2.15. The summed E-state index contributed by atoms with van der Waals surface area (Å²) in [6.45, 7) is -0.445. The van der Waals surface area contributed by atoms with Crippen molar-refractivity contribution in [3.8, 4) is 0 Å². The fourth-order valence-electron chi connectivity index (χ4n) is 1.40. The van der Waals surface area contributed by atoms with E-state index in [1.165, 1.54) is 24.3 Å². The third kappa shape index (κ3) is 4.98. The van der Waals surface area contributed by atoms with Gasteiger partial charge in [-0.1, -0.05) is 12.1 Å². The predicted octanol–water partition coefficient (Wildman–Crippen LogP) is 0.155. The number of carbonyl (C=O) groups excluding carboxylic acids is 1. The number of esters is 1. The van der Waals surface area contributed by atoms with Crippen LogP contribution in [0, 0.1) is 0 Å². The highest BCUT2D eigenvalue weighted by atomic mass is 32.2. The van der Waals surface area contributed by atoms with Crippen LogP contribution in [-0.4, -0.2) is 39.1 Å². The molecule has 8 heteroatoms. The van der Waals surface area contributed by atoms with E-state index in [9.17, 15) is 18.0 Å². The lowest BCUT2D eigenvalue weighted by Gasteiger charge is -2.06. The van der Waals surface area contributed by atoms with Crippen LogP contribution in [0.15, 0.2) is 29.2 Å². The Morgan fingerprint density at radius 1 is 1.25 bits per heavy atom. The number of hydrogen-bond donors (Lipinski definition) is 2. The van der Waals surface area contributed by atoms with Crippen LogP contribution in [-0.2, 0) is 30.8 Å². The van der Waals surface area contributed by atoms with Crippen molar-refractivity contribution in [2.75, 3.05) is 13.7 Å². The van der Waals surface area contributed by atoms with E-state index >= 15 is 0 Å². The molecule has 1 aromatic rings. The number of carboxylic acid groups (broad SMARTS) is 1. The Morgan fingerprint density at radius 3 is 2.35 bits per heavy atom. The number of methoxy groups -OCH3 is 1.